The maximum absolute atomic E-state index is 14.8. The molecule has 6 heterocycles. The lowest BCUT2D eigenvalue weighted by Gasteiger charge is -2.44. The fourth-order valence-corrected chi connectivity index (χ4v) is 21.4. The summed E-state index contributed by atoms with van der Waals surface area (Å²) in [6, 6.07) is 0.676. The number of fused-ring (bicyclic) bond motifs is 10. The molecule has 0 bridgehead atoms. The highest BCUT2D eigenvalue weighted by atomic mass is 16.7. The van der Waals surface area contributed by atoms with Gasteiger partial charge in [0.25, 0.3) is 0 Å². The van der Waals surface area contributed by atoms with Crippen LogP contribution in [0.25, 0.3) is 0 Å². The number of cyclic esters (lactones) is 2. The van der Waals surface area contributed by atoms with E-state index in [4.69, 9.17) is 75.8 Å². The number of hydrogen-bond acceptors (Lipinski definition) is 22. The molecule has 6 aliphatic heterocycles. The zero-order chi connectivity index (χ0) is 76.8. The van der Waals surface area contributed by atoms with Gasteiger partial charge in [-0.15, -0.1) is 0 Å². The molecule has 6 aliphatic carbocycles. The summed E-state index contributed by atoms with van der Waals surface area (Å²) < 4.78 is 100. The number of allylic oxidation sites excluding steroid dienone is 8. The molecule has 12 rings (SSSR count). The van der Waals surface area contributed by atoms with Crippen molar-refractivity contribution >= 4 is 23.5 Å². The normalized spacial score (nSPS) is 44.9. The van der Waals surface area contributed by atoms with Crippen LogP contribution in [0.5, 0.6) is 0 Å². The molecule has 107 heavy (non-hydrogen) atoms. The Morgan fingerprint density at radius 1 is 0.439 bits per heavy atom. The van der Waals surface area contributed by atoms with Gasteiger partial charge in [-0.25, -0.2) is 0 Å². The van der Waals surface area contributed by atoms with Gasteiger partial charge in [0.15, 0.2) is 36.7 Å². The van der Waals surface area contributed by atoms with Crippen LogP contribution in [0.1, 0.15) is 192 Å². The van der Waals surface area contributed by atoms with Crippen LogP contribution in [-0.2, 0) is 95.0 Å². The maximum atomic E-state index is 14.8. The van der Waals surface area contributed by atoms with Gasteiger partial charge in [-0.1, -0.05) is 63.6 Å². The Bertz CT molecular complexity index is 3050. The van der Waals surface area contributed by atoms with Gasteiger partial charge in [0.1, 0.15) is 48.8 Å². The number of esters is 2. The lowest BCUT2D eigenvalue weighted by molar-refractivity contribution is -0.317. The smallest absolute Gasteiger partial charge is 0.306 e. The summed E-state index contributed by atoms with van der Waals surface area (Å²) in [4.78, 5) is 61.0. The topological polar surface area (TPSA) is 222 Å². The van der Waals surface area contributed by atoms with E-state index in [1.54, 1.807) is 28.4 Å². The summed E-state index contributed by atoms with van der Waals surface area (Å²) in [5.74, 6) is 0.0282. The fraction of sp³-hybridized carbons (Fsp3) is 0.859. The Morgan fingerprint density at radius 2 is 0.879 bits per heavy atom. The van der Waals surface area contributed by atoms with Crippen LogP contribution < -0.4 is 0 Å². The molecule has 8 fully saturated rings. The largest absolute Gasteiger partial charge is 0.462 e. The lowest BCUT2D eigenvalue weighted by atomic mass is 9.67. The van der Waals surface area contributed by atoms with Crippen LogP contribution in [0.4, 0.5) is 0 Å². The van der Waals surface area contributed by atoms with Crippen LogP contribution in [-0.4, -0.2) is 238 Å². The Morgan fingerprint density at radius 3 is 1.31 bits per heavy atom. The average Bonchev–Trinajstić information content (AvgIpc) is 1.61. The van der Waals surface area contributed by atoms with E-state index < -0.39 is 24.8 Å². The molecule has 22 nitrogen and oxygen atoms in total. The Balaban J connectivity index is 0.000000213. The van der Waals surface area contributed by atoms with Crippen LogP contribution in [0.2, 0.25) is 0 Å². The summed E-state index contributed by atoms with van der Waals surface area (Å²) in [6.07, 6.45) is 19.5. The molecule has 22 heteroatoms. The van der Waals surface area contributed by atoms with Crippen LogP contribution in [0.15, 0.2) is 47.1 Å². The van der Waals surface area contributed by atoms with Crippen molar-refractivity contribution in [3.8, 4) is 0 Å². The van der Waals surface area contributed by atoms with Crippen molar-refractivity contribution < 1.29 is 95.0 Å². The minimum Gasteiger partial charge on any atom is -0.462 e. The highest BCUT2D eigenvalue weighted by molar-refractivity contribution is 6.00. The Kier molecular flexibility index (Phi) is 30.1. The van der Waals surface area contributed by atoms with Gasteiger partial charge in [0.2, 0.25) is 0 Å². The predicted molar refractivity (Wildman–Crippen MR) is 402 cm³/mol. The summed E-state index contributed by atoms with van der Waals surface area (Å²) in [6.45, 7) is 23.6. The number of hydrogen-bond donors (Lipinski definition) is 0. The predicted octanol–water partition coefficient (Wildman–Crippen LogP) is 12.1. The molecule has 12 aliphatic rings. The second-order valence-electron chi connectivity index (χ2n) is 33.9. The van der Waals surface area contributed by atoms with Crippen molar-refractivity contribution in [2.24, 2.45) is 71.0 Å². The lowest BCUT2D eigenvalue weighted by Crippen LogP contribution is -2.60. The van der Waals surface area contributed by atoms with Gasteiger partial charge in [0.05, 0.1) is 61.7 Å². The Labute approximate surface area is 640 Å². The second kappa shape index (κ2) is 38.2. The average molecular weight is 1510 g/mol. The summed E-state index contributed by atoms with van der Waals surface area (Å²) in [5.41, 5.74) is 2.84. The Hall–Kier alpha value is -3.40. The molecule has 0 N–H and O–H groups in total. The van der Waals surface area contributed by atoms with Crippen molar-refractivity contribution in [1.29, 1.82) is 0 Å². The van der Waals surface area contributed by atoms with Crippen molar-refractivity contribution in [2.75, 3.05) is 69.8 Å². The van der Waals surface area contributed by atoms with Gasteiger partial charge >= 0.3 is 11.9 Å². The SMILES string of the molecule is CCO[C@@H]1[C@@H](OC)[C@H](C)O[C@@H](O[C@H]2C[C@H]3[C@@H]4C=C5C(=O)[C@H](C)[C@@H](O[C@H]6CC[C@H](N(C)C)[C@@H](C)O6)CCC[C@H](CC)OC(=O)C[C@H]5[C@@H]4C=C(C)[C@@H]3C2)[C@@H]1OC.CCO[C@@H]1[C@@H](OC)[C@H](C)O[C@@H](O[C@H]2C[C@H]3[C@@H]4C=C5C(=O)[C@H](C)[C@@H](O[C@H]6CC[C@H](N(C)C)[C@@H](C)O6)CCC[C@H](CC)OC(=O)C[C@H]5[C@@H]4C=C[C@@H]3C2)[C@@H]1OC. The summed E-state index contributed by atoms with van der Waals surface area (Å²) in [7, 11) is 15.0. The van der Waals surface area contributed by atoms with Gasteiger partial charge in [-0.3, -0.25) is 19.2 Å². The fourth-order valence-electron chi connectivity index (χ4n) is 21.4. The van der Waals surface area contributed by atoms with Crippen LogP contribution in [0, 0.1) is 71.0 Å². The van der Waals surface area contributed by atoms with Gasteiger partial charge in [-0.2, -0.15) is 0 Å². The van der Waals surface area contributed by atoms with Crippen molar-refractivity contribution in [1.82, 2.24) is 9.80 Å². The number of carbonyl (C=O) groups is 4. The molecular formula is C85H136N2O20. The first kappa shape index (κ1) is 84.5. The molecule has 0 amide bonds. The first-order valence-electron chi connectivity index (χ1n) is 41.5. The molecule has 0 radical (unpaired) electrons. The first-order valence-corrected chi connectivity index (χ1v) is 41.5. The minimum absolute atomic E-state index is 0.0361. The van der Waals surface area contributed by atoms with Crippen LogP contribution in [0.3, 0.4) is 0 Å². The monoisotopic (exact) mass is 1500 g/mol. The first-order chi connectivity index (χ1) is 51.3. The van der Waals surface area contributed by atoms with Crippen molar-refractivity contribution in [3.63, 3.8) is 0 Å². The zero-order valence-electron chi connectivity index (χ0n) is 68.2. The second-order valence-corrected chi connectivity index (χ2v) is 33.9. The summed E-state index contributed by atoms with van der Waals surface area (Å²) in [5, 5.41) is 0. The molecule has 34 atom stereocenters. The maximum Gasteiger partial charge on any atom is 0.306 e. The van der Waals surface area contributed by atoms with E-state index in [0.29, 0.717) is 50.0 Å². The molecule has 0 unspecified atom stereocenters. The molecule has 606 valence electrons. The number of carbonyl (C=O) groups excluding carboxylic acids is 4. The van der Waals surface area contributed by atoms with Gasteiger partial charge in [-0.05, 0) is 238 Å². The molecule has 0 spiro atoms. The number of nitrogens with zero attached hydrogens (tertiary/aromatic N) is 2. The van der Waals surface area contributed by atoms with E-state index in [0.717, 1.165) is 101 Å². The molecule has 0 aromatic rings. The van der Waals surface area contributed by atoms with Gasteiger partial charge < -0.3 is 85.6 Å². The number of ketones is 2. The number of Topliss-reactive ketones (excluding diaryl/α,β-unsaturated/α-hetero) is 2. The quantitative estimate of drug-likeness (QED) is 0.0816. The summed E-state index contributed by atoms with van der Waals surface area (Å²) >= 11 is 0. The number of likely N-dealkylation sites (N-methyl/N-ethyl adjacent to an activating group) is 2. The number of rotatable bonds is 20. The van der Waals surface area contributed by atoms with Crippen molar-refractivity contribution in [2.45, 2.75) is 327 Å². The standard InChI is InChI=1S/C43H69NO10.C42H67NO10/c1-11-27-14-13-15-36(54-38-17-16-35(44(7)8)25(5)50-38)24(4)39(46)34-21-32-30(33(34)22-37(45)52-27)18-23(3)29-19-28(20-31(29)32)53-43-42(48-10)41(49-12-2)40(47-9)26(6)51-43;1-10-27-13-12-14-35(53-37-18-17-34(43(6)7)24(4)49-37)23(3)38(45)33-21-31-29(32(33)22-36(44)51-27)16-15-26-19-28(20-30(26)31)52-42-41(47-9)40(48-11-2)39(46-8)25(5)50-42/h18,21,24-33,35-36,38,40-43H,11-17,19-20,22H2,1-10H3;15-16,21,23-32,34-35,37,39-42H,10-14,17-20,22H2,1-9H3/t24-,25-,26+,27+,28-,29+,30-,31-,32-,33+,35+,36+,38+,40+,41-,42-,43+;23-,24-,25+,26-,27+,28-,29-,30-,31-,32+,34+,35+,37+,39+,40-,41-,42+/m11/s1. The molecule has 6 saturated heterocycles. The third-order valence-electron chi connectivity index (χ3n) is 27.1. The van der Waals surface area contributed by atoms with E-state index >= 15 is 0 Å². The highest BCUT2D eigenvalue weighted by Crippen LogP contribution is 2.58. The molecule has 0 aromatic carbocycles. The van der Waals surface area contributed by atoms with Gasteiger partial charge in [0, 0.05) is 77.4 Å². The zero-order valence-corrected chi connectivity index (χ0v) is 68.2. The molecule has 0 aromatic heterocycles. The van der Waals surface area contributed by atoms with E-state index in [2.05, 4.69) is 103 Å². The third kappa shape index (κ3) is 19.0. The van der Waals surface area contributed by atoms with E-state index in [1.165, 1.54) is 5.57 Å². The molecular weight excluding hydrogens is 1370 g/mol. The van der Waals surface area contributed by atoms with E-state index in [-0.39, 0.29) is 194 Å². The van der Waals surface area contributed by atoms with Crippen molar-refractivity contribution in [3.05, 3.63) is 47.1 Å². The van der Waals surface area contributed by atoms with E-state index in [9.17, 15) is 19.2 Å². The number of methoxy groups -OCH3 is 4. The molecule has 2 saturated carbocycles. The van der Waals surface area contributed by atoms with Crippen LogP contribution >= 0.6 is 0 Å². The third-order valence-corrected chi connectivity index (χ3v) is 27.1. The number of ether oxygens (including phenoxy) is 16. The minimum atomic E-state index is -0.597. The highest BCUT2D eigenvalue weighted by Gasteiger charge is 2.57. The van der Waals surface area contributed by atoms with E-state index in [1.807, 2.05) is 41.5 Å².